The van der Waals surface area contributed by atoms with Gasteiger partial charge in [-0.1, -0.05) is 18.7 Å². The molecule has 5 nitrogen and oxygen atoms in total. The van der Waals surface area contributed by atoms with Crippen LogP contribution in [0.5, 0.6) is 0 Å². The van der Waals surface area contributed by atoms with Crippen LogP contribution in [-0.2, 0) is 9.53 Å². The first-order chi connectivity index (χ1) is 8.17. The molecule has 0 heterocycles. The predicted octanol–water partition coefficient (Wildman–Crippen LogP) is -0.170. The largest absolute Gasteiger partial charge is 0.386 e. The summed E-state index contributed by atoms with van der Waals surface area (Å²) in [6.45, 7) is 7.30. The van der Waals surface area contributed by atoms with Crippen LogP contribution in [0.15, 0.2) is 24.3 Å². The summed E-state index contributed by atoms with van der Waals surface area (Å²) in [5, 5.41) is 15.6. The molecule has 0 aromatic rings. The molecule has 0 unspecified atom stereocenters. The van der Waals surface area contributed by atoms with Gasteiger partial charge in [0, 0.05) is 20.2 Å². The Balaban J connectivity index is 4.19. The Morgan fingerprint density at radius 3 is 2.82 bits per heavy atom. The molecule has 17 heavy (non-hydrogen) atoms. The average Bonchev–Trinajstić information content (AvgIpc) is 2.32. The molecule has 0 saturated carbocycles. The minimum atomic E-state index is -0.800. The van der Waals surface area contributed by atoms with Gasteiger partial charge in [-0.3, -0.25) is 4.79 Å². The number of carbonyl (C=O) groups is 1. The Kier molecular flexibility index (Phi) is 9.33. The van der Waals surface area contributed by atoms with E-state index in [-0.39, 0.29) is 0 Å². The highest BCUT2D eigenvalue weighted by atomic mass is 16.5. The van der Waals surface area contributed by atoms with Crippen LogP contribution < -0.4 is 10.6 Å². The third-order valence-electron chi connectivity index (χ3n) is 2.27. The Morgan fingerprint density at radius 1 is 1.59 bits per heavy atom. The van der Waals surface area contributed by atoms with Crippen LogP contribution >= 0.6 is 0 Å². The zero-order chi connectivity index (χ0) is 13.1. The Morgan fingerprint density at radius 2 is 2.29 bits per heavy atom. The lowest BCUT2D eigenvalue weighted by molar-refractivity contribution is -0.110. The smallest absolute Gasteiger partial charge is 0.207 e. The molecule has 0 saturated heterocycles. The third kappa shape index (κ3) is 6.88. The number of hydrogen-bond acceptors (Lipinski definition) is 4. The number of hydrogen-bond donors (Lipinski definition) is 3. The fourth-order valence-corrected chi connectivity index (χ4v) is 1.35. The molecule has 1 amide bonds. The third-order valence-corrected chi connectivity index (χ3v) is 2.27. The minimum Gasteiger partial charge on any atom is -0.386 e. The maximum atomic E-state index is 10.5. The van der Waals surface area contributed by atoms with Crippen LogP contribution in [0, 0.1) is 0 Å². The number of amides is 1. The molecular weight excluding hydrogens is 220 g/mol. The van der Waals surface area contributed by atoms with E-state index in [1.54, 1.807) is 19.3 Å². The summed E-state index contributed by atoms with van der Waals surface area (Å²) in [5.41, 5.74) is 0.570. The van der Waals surface area contributed by atoms with Gasteiger partial charge in [0.25, 0.3) is 0 Å². The number of rotatable bonds is 10. The summed E-state index contributed by atoms with van der Waals surface area (Å²) in [5.74, 6) is 0. The SMILES string of the molecule is C=C(/C=C\C)[C@H](O)[C@@H](CNCCOC)NC=O. The molecule has 0 spiro atoms. The molecule has 2 atom stereocenters. The molecule has 0 aromatic carbocycles. The van der Waals surface area contributed by atoms with E-state index < -0.39 is 12.1 Å². The van der Waals surface area contributed by atoms with Crippen molar-refractivity contribution in [1.82, 2.24) is 10.6 Å². The second-order valence-electron chi connectivity index (χ2n) is 3.61. The first-order valence-electron chi connectivity index (χ1n) is 5.56. The summed E-state index contributed by atoms with van der Waals surface area (Å²) >= 11 is 0. The number of aliphatic hydroxyl groups excluding tert-OH is 1. The molecule has 0 rings (SSSR count). The van der Waals surface area contributed by atoms with E-state index in [0.29, 0.717) is 31.7 Å². The van der Waals surface area contributed by atoms with E-state index in [1.807, 2.05) is 6.92 Å². The fraction of sp³-hybridized carbons (Fsp3) is 0.583. The minimum absolute atomic E-state index is 0.395. The summed E-state index contributed by atoms with van der Waals surface area (Å²) in [6, 6.07) is -0.395. The summed E-state index contributed by atoms with van der Waals surface area (Å²) in [7, 11) is 1.62. The van der Waals surface area contributed by atoms with Crippen LogP contribution in [0.1, 0.15) is 6.92 Å². The molecule has 98 valence electrons. The van der Waals surface area contributed by atoms with E-state index in [1.165, 1.54) is 0 Å². The van der Waals surface area contributed by atoms with Crippen molar-refractivity contribution < 1.29 is 14.6 Å². The number of aliphatic hydroxyl groups is 1. The van der Waals surface area contributed by atoms with Gasteiger partial charge in [-0.2, -0.15) is 0 Å². The van der Waals surface area contributed by atoms with Gasteiger partial charge < -0.3 is 20.5 Å². The van der Waals surface area contributed by atoms with Crippen molar-refractivity contribution in [2.45, 2.75) is 19.1 Å². The van der Waals surface area contributed by atoms with Gasteiger partial charge in [-0.15, -0.1) is 0 Å². The number of carbonyl (C=O) groups excluding carboxylic acids is 1. The van der Waals surface area contributed by atoms with Gasteiger partial charge >= 0.3 is 0 Å². The van der Waals surface area contributed by atoms with Crippen molar-refractivity contribution in [3.8, 4) is 0 Å². The number of allylic oxidation sites excluding steroid dienone is 1. The molecular formula is C12H22N2O3. The summed E-state index contributed by atoms with van der Waals surface area (Å²) < 4.78 is 4.89. The molecule has 0 aliphatic rings. The predicted molar refractivity (Wildman–Crippen MR) is 67.7 cm³/mol. The van der Waals surface area contributed by atoms with E-state index in [2.05, 4.69) is 17.2 Å². The van der Waals surface area contributed by atoms with Gasteiger partial charge in [0.1, 0.15) is 0 Å². The molecule has 0 radical (unpaired) electrons. The quantitative estimate of drug-likeness (QED) is 0.283. The average molecular weight is 242 g/mol. The standard InChI is InChI=1S/C12H22N2O3/c1-4-5-10(2)12(16)11(14-9-15)8-13-6-7-17-3/h4-5,9,11-13,16H,2,6-8H2,1,3H3,(H,14,15)/b5-4-/t11-,12+/m1/s1. The van der Waals surface area contributed by atoms with Crippen molar-refractivity contribution in [3.63, 3.8) is 0 Å². The molecule has 0 aromatic heterocycles. The maximum Gasteiger partial charge on any atom is 0.207 e. The summed E-state index contributed by atoms with van der Waals surface area (Å²) in [6.07, 6.45) is 3.29. The lowest BCUT2D eigenvalue weighted by Crippen LogP contribution is -2.47. The Hall–Kier alpha value is -1.17. The zero-order valence-corrected chi connectivity index (χ0v) is 10.5. The normalized spacial score (nSPS) is 14.5. The van der Waals surface area contributed by atoms with Gasteiger partial charge in [-0.05, 0) is 12.5 Å². The van der Waals surface area contributed by atoms with Crippen LogP contribution in [0.3, 0.4) is 0 Å². The second-order valence-corrected chi connectivity index (χ2v) is 3.61. The lowest BCUT2D eigenvalue weighted by atomic mass is 10.0. The van der Waals surface area contributed by atoms with Crippen molar-refractivity contribution in [2.24, 2.45) is 0 Å². The van der Waals surface area contributed by atoms with E-state index in [4.69, 9.17) is 4.74 Å². The van der Waals surface area contributed by atoms with Crippen LogP contribution in [0.25, 0.3) is 0 Å². The number of ether oxygens (including phenoxy) is 1. The fourth-order valence-electron chi connectivity index (χ4n) is 1.35. The first-order valence-corrected chi connectivity index (χ1v) is 5.56. The maximum absolute atomic E-state index is 10.5. The number of methoxy groups -OCH3 is 1. The highest BCUT2D eigenvalue weighted by Crippen LogP contribution is 2.05. The lowest BCUT2D eigenvalue weighted by Gasteiger charge is -2.23. The van der Waals surface area contributed by atoms with Gasteiger partial charge in [0.15, 0.2) is 0 Å². The van der Waals surface area contributed by atoms with Gasteiger partial charge in [-0.25, -0.2) is 0 Å². The van der Waals surface area contributed by atoms with Crippen molar-refractivity contribution >= 4 is 6.41 Å². The summed E-state index contributed by atoms with van der Waals surface area (Å²) in [4.78, 5) is 10.5. The van der Waals surface area contributed by atoms with Crippen LogP contribution in [-0.4, -0.2) is 50.5 Å². The van der Waals surface area contributed by atoms with Crippen molar-refractivity contribution in [1.29, 1.82) is 0 Å². The first kappa shape index (κ1) is 15.8. The van der Waals surface area contributed by atoms with Crippen molar-refractivity contribution in [3.05, 3.63) is 24.3 Å². The monoisotopic (exact) mass is 242 g/mol. The Bertz CT molecular complexity index is 254. The molecule has 5 heteroatoms. The van der Waals surface area contributed by atoms with Crippen molar-refractivity contribution in [2.75, 3.05) is 26.8 Å². The van der Waals surface area contributed by atoms with Gasteiger partial charge in [0.2, 0.25) is 6.41 Å². The van der Waals surface area contributed by atoms with Crippen LogP contribution in [0.4, 0.5) is 0 Å². The highest BCUT2D eigenvalue weighted by Gasteiger charge is 2.19. The topological polar surface area (TPSA) is 70.6 Å². The molecule has 0 fully saturated rings. The van der Waals surface area contributed by atoms with Crippen LogP contribution in [0.2, 0.25) is 0 Å². The van der Waals surface area contributed by atoms with Gasteiger partial charge in [0.05, 0.1) is 18.8 Å². The zero-order valence-electron chi connectivity index (χ0n) is 10.5. The Labute approximate surface area is 103 Å². The van der Waals surface area contributed by atoms with E-state index in [9.17, 15) is 9.90 Å². The molecule has 0 aliphatic heterocycles. The van der Waals surface area contributed by atoms with E-state index >= 15 is 0 Å². The highest BCUT2D eigenvalue weighted by molar-refractivity contribution is 5.47. The number of nitrogens with one attached hydrogen (secondary N) is 2. The second kappa shape index (κ2) is 10.0. The molecule has 3 N–H and O–H groups in total. The van der Waals surface area contributed by atoms with E-state index in [0.717, 1.165) is 0 Å². The molecule has 0 bridgehead atoms. The molecule has 0 aliphatic carbocycles.